The molecule has 3 nitrogen and oxygen atoms in total. The van der Waals surface area contributed by atoms with Crippen molar-refractivity contribution in [2.75, 3.05) is 18.0 Å². The molecule has 1 aliphatic carbocycles. The number of hydrogen-bond donors (Lipinski definition) is 1. The first-order valence-electron chi connectivity index (χ1n) is 5.27. The summed E-state index contributed by atoms with van der Waals surface area (Å²) < 4.78 is 0. The van der Waals surface area contributed by atoms with E-state index >= 15 is 0 Å². The van der Waals surface area contributed by atoms with Crippen molar-refractivity contribution in [2.45, 2.75) is 13.0 Å². The van der Waals surface area contributed by atoms with Crippen LogP contribution in [0.2, 0.25) is 0 Å². The smallest absolute Gasteiger partial charge is 0.128 e. The average Bonchev–Trinajstić information content (AvgIpc) is 2.86. The van der Waals surface area contributed by atoms with Crippen LogP contribution in [0, 0.1) is 11.8 Å². The highest BCUT2D eigenvalue weighted by Gasteiger charge is 2.45. The van der Waals surface area contributed by atoms with Crippen LogP contribution in [0.5, 0.6) is 0 Å². The van der Waals surface area contributed by atoms with Gasteiger partial charge in [0.2, 0.25) is 0 Å². The van der Waals surface area contributed by atoms with Crippen LogP contribution in [0.15, 0.2) is 18.3 Å². The van der Waals surface area contributed by atoms with Crippen molar-refractivity contribution in [3.8, 4) is 0 Å². The van der Waals surface area contributed by atoms with E-state index in [1.54, 1.807) is 0 Å². The topological polar surface area (TPSA) is 42.1 Å². The van der Waals surface area contributed by atoms with Crippen molar-refractivity contribution in [1.82, 2.24) is 4.98 Å². The van der Waals surface area contributed by atoms with Crippen LogP contribution < -0.4 is 10.6 Å². The molecule has 0 bridgehead atoms. The molecule has 1 saturated carbocycles. The molecule has 74 valence electrons. The molecule has 3 heteroatoms. The summed E-state index contributed by atoms with van der Waals surface area (Å²) in [7, 11) is 0. The third kappa shape index (κ3) is 1.28. The summed E-state index contributed by atoms with van der Waals surface area (Å²) in [6.07, 6.45) is 3.30. The molecule has 3 rings (SSSR count). The molecule has 1 saturated heterocycles. The number of fused-ring (bicyclic) bond motifs is 1. The number of pyridine rings is 1. The summed E-state index contributed by atoms with van der Waals surface area (Å²) in [4.78, 5) is 6.78. The summed E-state index contributed by atoms with van der Waals surface area (Å²) in [5, 5.41) is 0. The van der Waals surface area contributed by atoms with Crippen LogP contribution in [-0.4, -0.2) is 18.1 Å². The third-order valence-electron chi connectivity index (χ3n) is 3.35. The summed E-state index contributed by atoms with van der Waals surface area (Å²) in [5.41, 5.74) is 6.78. The molecule has 0 aromatic carbocycles. The lowest BCUT2D eigenvalue weighted by molar-refractivity contribution is 0.803. The van der Waals surface area contributed by atoms with Gasteiger partial charge < -0.3 is 10.6 Å². The van der Waals surface area contributed by atoms with E-state index in [1.165, 1.54) is 25.1 Å². The number of piperidine rings is 1. The first-order chi connectivity index (χ1) is 6.86. The quantitative estimate of drug-likeness (QED) is 0.754. The minimum Gasteiger partial charge on any atom is -0.356 e. The predicted molar refractivity (Wildman–Crippen MR) is 55.9 cm³/mol. The van der Waals surface area contributed by atoms with Crippen LogP contribution in [0.4, 0.5) is 5.82 Å². The minimum absolute atomic E-state index is 0.607. The zero-order valence-electron chi connectivity index (χ0n) is 8.19. The van der Waals surface area contributed by atoms with E-state index < -0.39 is 0 Å². The van der Waals surface area contributed by atoms with Crippen molar-refractivity contribution in [2.24, 2.45) is 17.6 Å². The van der Waals surface area contributed by atoms with E-state index in [2.05, 4.69) is 16.0 Å². The molecule has 0 radical (unpaired) electrons. The second-order valence-corrected chi connectivity index (χ2v) is 4.39. The summed E-state index contributed by atoms with van der Waals surface area (Å²) >= 11 is 0. The molecule has 0 amide bonds. The molecule has 1 aromatic rings. The van der Waals surface area contributed by atoms with E-state index in [9.17, 15) is 0 Å². The Kier molecular flexibility index (Phi) is 1.74. The molecule has 1 aliphatic heterocycles. The maximum Gasteiger partial charge on any atom is 0.128 e. The molecular weight excluding hydrogens is 174 g/mol. The summed E-state index contributed by atoms with van der Waals surface area (Å²) in [5.74, 6) is 3.02. The SMILES string of the molecule is NCc1ccnc(N2CC3CC3C2)c1. The minimum atomic E-state index is 0.607. The normalized spacial score (nSPS) is 29.1. The van der Waals surface area contributed by atoms with Gasteiger partial charge in [-0.2, -0.15) is 0 Å². The second-order valence-electron chi connectivity index (χ2n) is 4.39. The van der Waals surface area contributed by atoms with E-state index in [0.717, 1.165) is 17.7 Å². The van der Waals surface area contributed by atoms with Gasteiger partial charge in [0, 0.05) is 25.8 Å². The molecule has 14 heavy (non-hydrogen) atoms. The lowest BCUT2D eigenvalue weighted by Gasteiger charge is -2.19. The van der Waals surface area contributed by atoms with Gasteiger partial charge in [-0.3, -0.25) is 0 Å². The number of aromatic nitrogens is 1. The number of nitrogens with zero attached hydrogens (tertiary/aromatic N) is 2. The number of anilines is 1. The van der Waals surface area contributed by atoms with Gasteiger partial charge >= 0.3 is 0 Å². The van der Waals surface area contributed by atoms with Crippen molar-refractivity contribution in [3.63, 3.8) is 0 Å². The number of rotatable bonds is 2. The fourth-order valence-electron chi connectivity index (χ4n) is 2.35. The molecule has 2 fully saturated rings. The van der Waals surface area contributed by atoms with Crippen LogP contribution in [0.3, 0.4) is 0 Å². The molecular formula is C11H15N3. The molecule has 2 unspecified atom stereocenters. The van der Waals surface area contributed by atoms with Gasteiger partial charge in [-0.15, -0.1) is 0 Å². The Morgan fingerprint density at radius 3 is 2.93 bits per heavy atom. The van der Waals surface area contributed by atoms with Gasteiger partial charge in [0.1, 0.15) is 5.82 Å². The van der Waals surface area contributed by atoms with E-state index in [0.29, 0.717) is 6.54 Å². The highest BCUT2D eigenvalue weighted by molar-refractivity contribution is 5.43. The Bertz CT molecular complexity index is 340. The first-order valence-corrected chi connectivity index (χ1v) is 5.27. The largest absolute Gasteiger partial charge is 0.356 e. The predicted octanol–water partition coefficient (Wildman–Crippen LogP) is 0.996. The lowest BCUT2D eigenvalue weighted by atomic mass is 10.2. The van der Waals surface area contributed by atoms with Gasteiger partial charge in [-0.1, -0.05) is 0 Å². The summed E-state index contributed by atoms with van der Waals surface area (Å²) in [6.45, 7) is 3.01. The Labute approximate surface area is 83.9 Å². The zero-order valence-corrected chi connectivity index (χ0v) is 8.19. The Balaban J connectivity index is 1.81. The van der Waals surface area contributed by atoms with Gasteiger partial charge in [0.25, 0.3) is 0 Å². The molecule has 1 aromatic heterocycles. The number of nitrogens with two attached hydrogens (primary N) is 1. The fraction of sp³-hybridized carbons (Fsp3) is 0.545. The van der Waals surface area contributed by atoms with E-state index in [-0.39, 0.29) is 0 Å². The van der Waals surface area contributed by atoms with Gasteiger partial charge in [0.15, 0.2) is 0 Å². The van der Waals surface area contributed by atoms with Crippen molar-refractivity contribution < 1.29 is 0 Å². The lowest BCUT2D eigenvalue weighted by Crippen LogP contribution is -2.23. The van der Waals surface area contributed by atoms with Gasteiger partial charge in [-0.05, 0) is 36.0 Å². The van der Waals surface area contributed by atoms with Gasteiger partial charge in [-0.25, -0.2) is 4.98 Å². The maximum absolute atomic E-state index is 5.61. The highest BCUT2D eigenvalue weighted by Crippen LogP contribution is 2.45. The monoisotopic (exact) mass is 189 g/mol. The Hall–Kier alpha value is -1.09. The van der Waals surface area contributed by atoms with Crippen molar-refractivity contribution in [3.05, 3.63) is 23.9 Å². The average molecular weight is 189 g/mol. The molecule has 2 N–H and O–H groups in total. The molecule has 2 atom stereocenters. The Morgan fingerprint density at radius 2 is 2.21 bits per heavy atom. The van der Waals surface area contributed by atoms with Gasteiger partial charge in [0.05, 0.1) is 0 Å². The van der Waals surface area contributed by atoms with Crippen molar-refractivity contribution >= 4 is 5.82 Å². The van der Waals surface area contributed by atoms with Crippen LogP contribution in [0.25, 0.3) is 0 Å². The standard InChI is InChI=1S/C11H15N3/c12-5-8-1-2-13-11(3-8)14-6-9-4-10(9)7-14/h1-3,9-10H,4-7,12H2. The molecule has 2 heterocycles. The molecule has 0 spiro atoms. The van der Waals surface area contributed by atoms with E-state index in [4.69, 9.17) is 5.73 Å². The first kappa shape index (κ1) is 8.24. The fourth-order valence-corrected chi connectivity index (χ4v) is 2.35. The maximum atomic E-state index is 5.61. The van der Waals surface area contributed by atoms with Crippen molar-refractivity contribution in [1.29, 1.82) is 0 Å². The highest BCUT2D eigenvalue weighted by atomic mass is 15.2. The zero-order chi connectivity index (χ0) is 9.54. The van der Waals surface area contributed by atoms with Crippen LogP contribution in [-0.2, 0) is 6.54 Å². The third-order valence-corrected chi connectivity index (χ3v) is 3.35. The number of hydrogen-bond acceptors (Lipinski definition) is 3. The van der Waals surface area contributed by atoms with Crippen LogP contribution in [0.1, 0.15) is 12.0 Å². The molecule has 2 aliphatic rings. The van der Waals surface area contributed by atoms with Crippen LogP contribution >= 0.6 is 0 Å². The second kappa shape index (κ2) is 2.95. The van der Waals surface area contributed by atoms with E-state index in [1.807, 2.05) is 12.3 Å². The Morgan fingerprint density at radius 1 is 1.43 bits per heavy atom. The summed E-state index contributed by atoms with van der Waals surface area (Å²) in [6, 6.07) is 4.10.